The van der Waals surface area contributed by atoms with E-state index in [1.807, 2.05) is 0 Å². The molecule has 0 aromatic rings. The number of aliphatic carboxylic acids is 2. The molecule has 4 nitrogen and oxygen atoms in total. The van der Waals surface area contributed by atoms with Crippen molar-refractivity contribution >= 4 is 11.9 Å². The fraction of sp³-hybridized carbons (Fsp3) is 0.867. The van der Waals surface area contributed by atoms with Crippen molar-refractivity contribution in [3.05, 3.63) is 0 Å². The van der Waals surface area contributed by atoms with E-state index in [0.29, 0.717) is 25.7 Å². The zero-order valence-electron chi connectivity index (χ0n) is 13.4. The first kappa shape index (κ1) is 23.2. The molecule has 2 saturated carbocycles. The summed E-state index contributed by atoms with van der Waals surface area (Å²) in [5, 5.41) is 23.5. The zero-order valence-corrected chi connectivity index (χ0v) is 19.6. The van der Waals surface area contributed by atoms with Crippen molar-refractivity contribution in [3.63, 3.8) is 0 Å². The second-order valence-corrected chi connectivity index (χ2v) is 6.11. The standard InChI is InChI=1S/C15H24O4.2K/c16-13(17)15(14(18)19,11-7-3-1-4-8-11)12-9-5-2-6-10-12;;/h11-12H,1-10H2,(H,16,17)(H,18,19);;/q;2*+1/p-2. The Labute approximate surface area is 212 Å². The first-order chi connectivity index (χ1) is 9.10. The summed E-state index contributed by atoms with van der Waals surface area (Å²) in [5.41, 5.74) is -1.75. The van der Waals surface area contributed by atoms with Crippen LogP contribution in [0, 0.1) is 17.3 Å². The van der Waals surface area contributed by atoms with Crippen LogP contribution in [0.2, 0.25) is 0 Å². The Balaban J connectivity index is 0.00000200. The number of hydrogen-bond donors (Lipinski definition) is 0. The van der Waals surface area contributed by atoms with Crippen molar-refractivity contribution in [1.82, 2.24) is 0 Å². The Morgan fingerprint density at radius 1 is 0.667 bits per heavy atom. The minimum Gasteiger partial charge on any atom is -0.549 e. The van der Waals surface area contributed by atoms with E-state index in [4.69, 9.17) is 0 Å². The summed E-state index contributed by atoms with van der Waals surface area (Å²) in [7, 11) is 0. The van der Waals surface area contributed by atoms with Gasteiger partial charge in [0.1, 0.15) is 0 Å². The molecule has 0 aromatic carbocycles. The van der Waals surface area contributed by atoms with Gasteiger partial charge in [-0.15, -0.1) is 0 Å². The summed E-state index contributed by atoms with van der Waals surface area (Å²) in [4.78, 5) is 23.5. The molecule has 0 saturated heterocycles. The summed E-state index contributed by atoms with van der Waals surface area (Å²) in [6.45, 7) is 0. The monoisotopic (exact) mass is 344 g/mol. The van der Waals surface area contributed by atoms with Crippen LogP contribution in [0.15, 0.2) is 0 Å². The Morgan fingerprint density at radius 2 is 0.952 bits per heavy atom. The molecule has 0 spiro atoms. The van der Waals surface area contributed by atoms with Gasteiger partial charge in [0.15, 0.2) is 0 Å². The van der Waals surface area contributed by atoms with Gasteiger partial charge in [-0.3, -0.25) is 0 Å². The molecule has 0 heterocycles. The predicted molar refractivity (Wildman–Crippen MR) is 65.6 cm³/mol. The molecule has 0 aliphatic heterocycles. The SMILES string of the molecule is O=C([O-])C(C(=O)[O-])(C1CCCCC1)C1CCCCC1.[K+].[K+]. The molecule has 2 aliphatic rings. The van der Waals surface area contributed by atoms with Gasteiger partial charge in [0.25, 0.3) is 0 Å². The quantitative estimate of drug-likeness (QED) is 0.377. The normalized spacial score (nSPS) is 21.0. The molecule has 0 atom stereocenters. The number of rotatable bonds is 4. The second-order valence-electron chi connectivity index (χ2n) is 6.11. The molecule has 2 aliphatic carbocycles. The van der Waals surface area contributed by atoms with Crippen LogP contribution >= 0.6 is 0 Å². The average Bonchev–Trinajstić information content (AvgIpc) is 2.41. The molecule has 0 aromatic heterocycles. The Morgan fingerprint density at radius 3 is 1.19 bits per heavy atom. The first-order valence-electron chi connectivity index (χ1n) is 7.53. The fourth-order valence-corrected chi connectivity index (χ4v) is 4.20. The van der Waals surface area contributed by atoms with Crippen molar-refractivity contribution in [3.8, 4) is 0 Å². The number of carbonyl (C=O) groups is 2. The third kappa shape index (κ3) is 5.09. The van der Waals surface area contributed by atoms with Gasteiger partial charge in [-0.1, -0.05) is 38.5 Å². The Kier molecular flexibility index (Phi) is 12.1. The summed E-state index contributed by atoms with van der Waals surface area (Å²) in [6, 6.07) is 0. The fourth-order valence-electron chi connectivity index (χ4n) is 4.20. The maximum Gasteiger partial charge on any atom is 1.00 e. The second kappa shape index (κ2) is 11.0. The average molecular weight is 345 g/mol. The topological polar surface area (TPSA) is 80.3 Å². The number of hydrogen-bond acceptors (Lipinski definition) is 4. The molecule has 0 amide bonds. The third-order valence-electron chi connectivity index (χ3n) is 5.17. The smallest absolute Gasteiger partial charge is 0.549 e. The van der Waals surface area contributed by atoms with Gasteiger partial charge < -0.3 is 19.8 Å². The molecule has 0 N–H and O–H groups in total. The maximum atomic E-state index is 11.7. The molecule has 0 radical (unpaired) electrons. The maximum absolute atomic E-state index is 11.7. The van der Waals surface area contributed by atoms with Gasteiger partial charge in [0.2, 0.25) is 0 Å². The van der Waals surface area contributed by atoms with E-state index < -0.39 is 17.4 Å². The molecule has 2 rings (SSSR count). The van der Waals surface area contributed by atoms with E-state index >= 15 is 0 Å². The van der Waals surface area contributed by atoms with Gasteiger partial charge in [-0.05, 0) is 37.5 Å². The van der Waals surface area contributed by atoms with Crippen molar-refractivity contribution < 1.29 is 123 Å². The van der Waals surface area contributed by atoms with Gasteiger partial charge in [0.05, 0.1) is 17.4 Å². The van der Waals surface area contributed by atoms with Crippen LogP contribution in [0.1, 0.15) is 64.2 Å². The first-order valence-corrected chi connectivity index (χ1v) is 7.53. The van der Waals surface area contributed by atoms with Crippen LogP contribution in [0.5, 0.6) is 0 Å². The number of carboxylic acids is 2. The third-order valence-corrected chi connectivity index (χ3v) is 5.17. The molecule has 108 valence electrons. The summed E-state index contributed by atoms with van der Waals surface area (Å²) in [5.74, 6) is -3.43. The molecular weight excluding hydrogens is 322 g/mol. The predicted octanol–water partition coefficient (Wildman–Crippen LogP) is -5.36. The van der Waals surface area contributed by atoms with E-state index in [-0.39, 0.29) is 115 Å². The van der Waals surface area contributed by atoms with Gasteiger partial charge >= 0.3 is 103 Å². The van der Waals surface area contributed by atoms with Crippen LogP contribution < -0.4 is 113 Å². The molecule has 2 fully saturated rings. The molecule has 6 heteroatoms. The van der Waals surface area contributed by atoms with Crippen molar-refractivity contribution in [1.29, 1.82) is 0 Å². The van der Waals surface area contributed by atoms with E-state index in [1.165, 1.54) is 0 Å². The van der Waals surface area contributed by atoms with E-state index in [0.717, 1.165) is 38.5 Å². The van der Waals surface area contributed by atoms with Crippen molar-refractivity contribution in [2.75, 3.05) is 0 Å². The number of carboxylic acid groups (broad SMARTS) is 2. The largest absolute Gasteiger partial charge is 1.00 e. The van der Waals surface area contributed by atoms with Crippen LogP contribution in [-0.4, -0.2) is 11.9 Å². The van der Waals surface area contributed by atoms with Gasteiger partial charge in [-0.2, -0.15) is 0 Å². The molecular formula is C15H22K2O4. The minimum absolute atomic E-state index is 0. The van der Waals surface area contributed by atoms with Crippen molar-refractivity contribution in [2.24, 2.45) is 17.3 Å². The van der Waals surface area contributed by atoms with Crippen LogP contribution in [0.4, 0.5) is 0 Å². The van der Waals surface area contributed by atoms with Crippen LogP contribution in [-0.2, 0) is 9.59 Å². The zero-order chi connectivity index (χ0) is 13.9. The van der Waals surface area contributed by atoms with E-state index in [2.05, 4.69) is 0 Å². The van der Waals surface area contributed by atoms with Crippen molar-refractivity contribution in [2.45, 2.75) is 64.2 Å². The summed E-state index contributed by atoms with van der Waals surface area (Å²) >= 11 is 0. The molecule has 0 bridgehead atoms. The van der Waals surface area contributed by atoms with Crippen LogP contribution in [0.3, 0.4) is 0 Å². The summed E-state index contributed by atoms with van der Waals surface area (Å²) in [6.07, 6.45) is 8.52. The summed E-state index contributed by atoms with van der Waals surface area (Å²) < 4.78 is 0. The van der Waals surface area contributed by atoms with E-state index in [1.54, 1.807) is 0 Å². The van der Waals surface area contributed by atoms with E-state index in [9.17, 15) is 19.8 Å². The van der Waals surface area contributed by atoms with Crippen LogP contribution in [0.25, 0.3) is 0 Å². The molecule has 21 heavy (non-hydrogen) atoms. The molecule has 0 unspecified atom stereocenters. The Hall–Kier alpha value is 2.21. The Bertz CT molecular complexity index is 314. The van der Waals surface area contributed by atoms with Gasteiger partial charge in [0, 0.05) is 0 Å². The minimum atomic E-state index is -1.75. The van der Waals surface area contributed by atoms with Gasteiger partial charge in [-0.25, -0.2) is 0 Å². The number of carbonyl (C=O) groups excluding carboxylic acids is 2.